The van der Waals surface area contributed by atoms with Crippen LogP contribution in [0, 0.1) is 6.92 Å². The van der Waals surface area contributed by atoms with E-state index in [1.54, 1.807) is 0 Å². The van der Waals surface area contributed by atoms with E-state index >= 15 is 0 Å². The van der Waals surface area contributed by atoms with Gasteiger partial charge >= 0.3 is 0 Å². The maximum Gasteiger partial charge on any atom is 0.192 e. The summed E-state index contributed by atoms with van der Waals surface area (Å²) in [4.78, 5) is 4.82. The minimum Gasteiger partial charge on any atom is -0.354 e. The SMILES string of the molecule is Cc1nnc(CN=C(NC2CCCC2)NC(C)C(C)c2ccccc2)n1C. The molecule has 0 saturated heterocycles. The molecule has 1 saturated carbocycles. The molecule has 146 valence electrons. The number of benzene rings is 1. The number of nitrogens with zero attached hydrogens (tertiary/aromatic N) is 4. The summed E-state index contributed by atoms with van der Waals surface area (Å²) in [5.74, 6) is 3.05. The lowest BCUT2D eigenvalue weighted by molar-refractivity contribution is 0.532. The summed E-state index contributed by atoms with van der Waals surface area (Å²) in [5, 5.41) is 15.6. The molecule has 1 heterocycles. The summed E-state index contributed by atoms with van der Waals surface area (Å²) < 4.78 is 1.99. The van der Waals surface area contributed by atoms with Crippen molar-refractivity contribution in [1.29, 1.82) is 0 Å². The third kappa shape index (κ3) is 5.08. The zero-order valence-electron chi connectivity index (χ0n) is 16.9. The number of aliphatic imine (C=N–C) groups is 1. The van der Waals surface area contributed by atoms with Gasteiger partial charge in [-0.3, -0.25) is 0 Å². The topological polar surface area (TPSA) is 67.1 Å². The van der Waals surface area contributed by atoms with Crippen molar-refractivity contribution < 1.29 is 0 Å². The summed E-state index contributed by atoms with van der Waals surface area (Å²) in [6.45, 7) is 6.95. The van der Waals surface area contributed by atoms with Gasteiger partial charge in [0.15, 0.2) is 11.8 Å². The zero-order valence-corrected chi connectivity index (χ0v) is 16.9. The standard InChI is InChI=1S/C21H32N6/c1-15(18-10-6-5-7-11-18)16(2)23-21(24-19-12-8-9-13-19)22-14-20-26-25-17(3)27(20)4/h5-7,10-11,15-16,19H,8-9,12-14H2,1-4H3,(H2,22,23,24). The van der Waals surface area contributed by atoms with Crippen LogP contribution in [0.4, 0.5) is 0 Å². The molecule has 1 aromatic heterocycles. The number of aryl methyl sites for hydroxylation is 1. The molecule has 0 amide bonds. The Kier molecular flexibility index (Phi) is 6.48. The molecule has 1 aliphatic rings. The van der Waals surface area contributed by atoms with Crippen LogP contribution in [0.25, 0.3) is 0 Å². The summed E-state index contributed by atoms with van der Waals surface area (Å²) in [5.41, 5.74) is 1.33. The molecular formula is C21H32N6. The number of hydrogen-bond acceptors (Lipinski definition) is 3. The zero-order chi connectivity index (χ0) is 19.2. The second kappa shape index (κ2) is 9.02. The Hall–Kier alpha value is -2.37. The van der Waals surface area contributed by atoms with E-state index in [1.807, 2.05) is 18.5 Å². The fraction of sp³-hybridized carbons (Fsp3) is 0.571. The fourth-order valence-corrected chi connectivity index (χ4v) is 3.52. The predicted molar refractivity (Wildman–Crippen MR) is 110 cm³/mol. The van der Waals surface area contributed by atoms with Crippen LogP contribution in [0.15, 0.2) is 35.3 Å². The molecule has 0 spiro atoms. The molecule has 0 aliphatic heterocycles. The van der Waals surface area contributed by atoms with Gasteiger partial charge in [0.2, 0.25) is 0 Å². The molecule has 3 rings (SSSR count). The van der Waals surface area contributed by atoms with Gasteiger partial charge in [-0.15, -0.1) is 10.2 Å². The molecule has 0 radical (unpaired) electrons. The smallest absolute Gasteiger partial charge is 0.192 e. The lowest BCUT2D eigenvalue weighted by Gasteiger charge is -2.26. The number of nitrogens with one attached hydrogen (secondary N) is 2. The first-order valence-electron chi connectivity index (χ1n) is 10.0. The Balaban J connectivity index is 1.70. The highest BCUT2D eigenvalue weighted by Crippen LogP contribution is 2.20. The first-order valence-corrected chi connectivity index (χ1v) is 10.0. The molecule has 2 aromatic rings. The highest BCUT2D eigenvalue weighted by Gasteiger charge is 2.20. The summed E-state index contributed by atoms with van der Waals surface area (Å²) in [6.07, 6.45) is 5.02. The number of guanidine groups is 1. The Labute approximate surface area is 162 Å². The van der Waals surface area contributed by atoms with E-state index in [4.69, 9.17) is 4.99 Å². The Morgan fingerprint density at radius 2 is 1.89 bits per heavy atom. The van der Waals surface area contributed by atoms with Gasteiger partial charge in [-0.05, 0) is 32.3 Å². The highest BCUT2D eigenvalue weighted by molar-refractivity contribution is 5.80. The quantitative estimate of drug-likeness (QED) is 0.606. The van der Waals surface area contributed by atoms with Gasteiger partial charge in [-0.1, -0.05) is 50.1 Å². The molecule has 6 nitrogen and oxygen atoms in total. The van der Waals surface area contributed by atoms with Gasteiger partial charge in [-0.25, -0.2) is 4.99 Å². The second-order valence-corrected chi connectivity index (χ2v) is 7.65. The van der Waals surface area contributed by atoms with Crippen LogP contribution < -0.4 is 10.6 Å². The Bertz CT molecular complexity index is 745. The molecule has 1 aliphatic carbocycles. The van der Waals surface area contributed by atoms with E-state index < -0.39 is 0 Å². The van der Waals surface area contributed by atoms with E-state index in [0.717, 1.165) is 17.6 Å². The minimum atomic E-state index is 0.265. The molecule has 2 N–H and O–H groups in total. The van der Waals surface area contributed by atoms with Crippen LogP contribution in [0.5, 0.6) is 0 Å². The van der Waals surface area contributed by atoms with E-state index in [1.165, 1.54) is 31.2 Å². The molecule has 1 fully saturated rings. The third-order valence-electron chi connectivity index (χ3n) is 5.70. The Morgan fingerprint density at radius 3 is 2.52 bits per heavy atom. The summed E-state index contributed by atoms with van der Waals surface area (Å²) in [7, 11) is 1.98. The molecule has 1 aromatic carbocycles. The molecular weight excluding hydrogens is 336 g/mol. The molecule has 27 heavy (non-hydrogen) atoms. The lowest BCUT2D eigenvalue weighted by Crippen LogP contribution is -2.47. The van der Waals surface area contributed by atoms with Crippen molar-refractivity contribution in [3.8, 4) is 0 Å². The van der Waals surface area contributed by atoms with Crippen molar-refractivity contribution in [2.24, 2.45) is 12.0 Å². The average molecular weight is 369 g/mol. The van der Waals surface area contributed by atoms with Crippen LogP contribution in [-0.4, -0.2) is 32.8 Å². The number of rotatable bonds is 6. The van der Waals surface area contributed by atoms with E-state index in [2.05, 4.69) is 65.0 Å². The molecule has 6 heteroatoms. The van der Waals surface area contributed by atoms with Crippen molar-refractivity contribution in [3.05, 3.63) is 47.5 Å². The normalized spacial score (nSPS) is 17.7. The maximum atomic E-state index is 4.82. The fourth-order valence-electron chi connectivity index (χ4n) is 3.52. The van der Waals surface area contributed by atoms with E-state index in [9.17, 15) is 0 Å². The van der Waals surface area contributed by atoms with Gasteiger partial charge in [0, 0.05) is 25.0 Å². The van der Waals surface area contributed by atoms with Gasteiger partial charge in [0.05, 0.1) is 0 Å². The van der Waals surface area contributed by atoms with Crippen LogP contribution in [0.3, 0.4) is 0 Å². The molecule has 2 unspecified atom stereocenters. The van der Waals surface area contributed by atoms with Crippen molar-refractivity contribution in [1.82, 2.24) is 25.4 Å². The average Bonchev–Trinajstić information content (AvgIpc) is 3.30. The monoisotopic (exact) mass is 368 g/mol. The van der Waals surface area contributed by atoms with Crippen LogP contribution in [0.1, 0.15) is 62.7 Å². The first kappa shape index (κ1) is 19.4. The molecule has 0 bridgehead atoms. The van der Waals surface area contributed by atoms with Crippen molar-refractivity contribution in [2.45, 2.75) is 71.0 Å². The highest BCUT2D eigenvalue weighted by atomic mass is 15.3. The van der Waals surface area contributed by atoms with Crippen molar-refractivity contribution in [2.75, 3.05) is 0 Å². The van der Waals surface area contributed by atoms with Gasteiger partial charge < -0.3 is 15.2 Å². The molecule has 2 atom stereocenters. The largest absolute Gasteiger partial charge is 0.354 e. The first-order chi connectivity index (χ1) is 13.0. The van der Waals surface area contributed by atoms with E-state index in [-0.39, 0.29) is 6.04 Å². The maximum absolute atomic E-state index is 4.82. The van der Waals surface area contributed by atoms with Gasteiger partial charge in [0.25, 0.3) is 0 Å². The van der Waals surface area contributed by atoms with Gasteiger partial charge in [0.1, 0.15) is 12.4 Å². The second-order valence-electron chi connectivity index (χ2n) is 7.65. The predicted octanol–water partition coefficient (Wildman–Crippen LogP) is 3.29. The number of hydrogen-bond donors (Lipinski definition) is 2. The van der Waals surface area contributed by atoms with Crippen LogP contribution >= 0.6 is 0 Å². The summed E-state index contributed by atoms with van der Waals surface area (Å²) in [6, 6.07) is 11.4. The van der Waals surface area contributed by atoms with Gasteiger partial charge in [-0.2, -0.15) is 0 Å². The Morgan fingerprint density at radius 1 is 1.19 bits per heavy atom. The van der Waals surface area contributed by atoms with Crippen LogP contribution in [0.2, 0.25) is 0 Å². The van der Waals surface area contributed by atoms with Crippen molar-refractivity contribution >= 4 is 5.96 Å². The third-order valence-corrected chi connectivity index (χ3v) is 5.70. The van der Waals surface area contributed by atoms with Crippen molar-refractivity contribution in [3.63, 3.8) is 0 Å². The van der Waals surface area contributed by atoms with Crippen LogP contribution in [-0.2, 0) is 13.6 Å². The number of aromatic nitrogens is 3. The van der Waals surface area contributed by atoms with E-state index in [0.29, 0.717) is 18.5 Å². The summed E-state index contributed by atoms with van der Waals surface area (Å²) >= 11 is 0. The lowest BCUT2D eigenvalue weighted by atomic mass is 9.94. The minimum absolute atomic E-state index is 0.265.